The summed E-state index contributed by atoms with van der Waals surface area (Å²) in [5, 5.41) is 13.4. The van der Waals surface area contributed by atoms with Crippen molar-refractivity contribution >= 4 is 29.2 Å². The van der Waals surface area contributed by atoms with Gasteiger partial charge in [0.15, 0.2) is 0 Å². The lowest BCUT2D eigenvalue weighted by molar-refractivity contribution is -0.384. The molecule has 0 spiro atoms. The van der Waals surface area contributed by atoms with Crippen LogP contribution in [0, 0.1) is 15.9 Å². The summed E-state index contributed by atoms with van der Waals surface area (Å²) in [5.74, 6) is -1.61. The molecule has 1 aliphatic heterocycles. The highest BCUT2D eigenvalue weighted by molar-refractivity contribution is 6.10. The third kappa shape index (κ3) is 3.71. The Morgan fingerprint density at radius 3 is 2.30 bits per heavy atom. The van der Waals surface area contributed by atoms with Gasteiger partial charge in [0.25, 0.3) is 11.6 Å². The zero-order valence-electron chi connectivity index (χ0n) is 16.3. The molecule has 3 rings (SSSR count). The number of halogens is 1. The molecular formula is C20H19FN4O5. The number of non-ortho nitro benzene ring substituents is 1. The Morgan fingerprint density at radius 2 is 1.77 bits per heavy atom. The number of amides is 4. The smallest absolute Gasteiger partial charge is 0.319 e. The summed E-state index contributed by atoms with van der Waals surface area (Å²) in [6.45, 7) is 2.94. The van der Waals surface area contributed by atoms with Crippen molar-refractivity contribution in [1.82, 2.24) is 10.2 Å². The van der Waals surface area contributed by atoms with Gasteiger partial charge in [0.2, 0.25) is 5.91 Å². The summed E-state index contributed by atoms with van der Waals surface area (Å²) in [5.41, 5.74) is -0.815. The van der Waals surface area contributed by atoms with E-state index < -0.39 is 40.7 Å². The Hall–Kier alpha value is -3.82. The van der Waals surface area contributed by atoms with E-state index in [-0.39, 0.29) is 12.2 Å². The minimum atomic E-state index is -1.46. The van der Waals surface area contributed by atoms with Crippen LogP contribution in [0.2, 0.25) is 0 Å². The molecule has 0 aromatic heterocycles. The topological polar surface area (TPSA) is 113 Å². The van der Waals surface area contributed by atoms with Gasteiger partial charge in [0, 0.05) is 24.4 Å². The molecule has 9 nitrogen and oxygen atoms in total. The number of carbonyl (C=O) groups excluding carboxylic acids is 3. The molecule has 1 saturated heterocycles. The first-order valence-corrected chi connectivity index (χ1v) is 9.12. The number of nitrogens with zero attached hydrogens (tertiary/aromatic N) is 3. The molecule has 2 aromatic carbocycles. The van der Waals surface area contributed by atoms with Crippen LogP contribution in [0.25, 0.3) is 0 Å². The summed E-state index contributed by atoms with van der Waals surface area (Å²) in [6.07, 6.45) is 0. The van der Waals surface area contributed by atoms with Crippen LogP contribution in [0.3, 0.4) is 0 Å². The van der Waals surface area contributed by atoms with Gasteiger partial charge in [-0.25, -0.2) is 9.18 Å². The zero-order chi connectivity index (χ0) is 22.1. The summed E-state index contributed by atoms with van der Waals surface area (Å²) in [4.78, 5) is 50.6. The van der Waals surface area contributed by atoms with Crippen LogP contribution in [0.15, 0.2) is 48.5 Å². The van der Waals surface area contributed by atoms with E-state index in [2.05, 4.69) is 5.32 Å². The monoisotopic (exact) mass is 414 g/mol. The number of carbonyl (C=O) groups is 3. The molecule has 0 bridgehead atoms. The van der Waals surface area contributed by atoms with Crippen molar-refractivity contribution in [3.05, 3.63) is 70.0 Å². The molecule has 1 fully saturated rings. The van der Waals surface area contributed by atoms with Gasteiger partial charge in [-0.3, -0.25) is 24.6 Å². The average Bonchev–Trinajstić information content (AvgIpc) is 2.94. The number of rotatable bonds is 6. The molecule has 0 saturated carbocycles. The van der Waals surface area contributed by atoms with E-state index in [0.29, 0.717) is 11.3 Å². The number of nitrogens with one attached hydrogen (secondary N) is 1. The fourth-order valence-corrected chi connectivity index (χ4v) is 3.30. The molecule has 0 unspecified atom stereocenters. The van der Waals surface area contributed by atoms with E-state index in [9.17, 15) is 28.9 Å². The summed E-state index contributed by atoms with van der Waals surface area (Å²) in [7, 11) is 0. The number of hydrogen-bond acceptors (Lipinski definition) is 5. The number of nitro groups is 1. The molecule has 0 radical (unpaired) electrons. The lowest BCUT2D eigenvalue weighted by Gasteiger charge is -2.24. The van der Waals surface area contributed by atoms with E-state index >= 15 is 0 Å². The maximum absolute atomic E-state index is 13.2. The predicted octanol–water partition coefficient (Wildman–Crippen LogP) is 2.55. The molecule has 0 aliphatic carbocycles. The van der Waals surface area contributed by atoms with Gasteiger partial charge in [0.1, 0.15) is 17.9 Å². The second-order valence-electron chi connectivity index (χ2n) is 6.86. The molecule has 1 heterocycles. The fourth-order valence-electron chi connectivity index (χ4n) is 3.30. The van der Waals surface area contributed by atoms with Gasteiger partial charge >= 0.3 is 6.03 Å². The highest BCUT2D eigenvalue weighted by Gasteiger charge is 2.49. The average molecular weight is 414 g/mol. The lowest BCUT2D eigenvalue weighted by atomic mass is 9.92. The summed E-state index contributed by atoms with van der Waals surface area (Å²) in [6, 6.07) is 9.80. The third-order valence-corrected chi connectivity index (χ3v) is 4.98. The van der Waals surface area contributed by atoms with Crippen LogP contribution in [-0.4, -0.2) is 40.8 Å². The number of nitro benzene ring substituents is 1. The Labute approximate surface area is 171 Å². The molecule has 1 N–H and O–H groups in total. The maximum Gasteiger partial charge on any atom is 0.325 e. The molecule has 4 amide bonds. The van der Waals surface area contributed by atoms with Gasteiger partial charge < -0.3 is 10.2 Å². The van der Waals surface area contributed by atoms with Crippen LogP contribution in [0.5, 0.6) is 0 Å². The van der Waals surface area contributed by atoms with Crippen molar-refractivity contribution in [2.24, 2.45) is 0 Å². The lowest BCUT2D eigenvalue weighted by Crippen LogP contribution is -2.44. The number of anilines is 1. The first-order valence-electron chi connectivity index (χ1n) is 9.12. The van der Waals surface area contributed by atoms with Crippen LogP contribution in [-0.2, 0) is 15.1 Å². The largest absolute Gasteiger partial charge is 0.325 e. The van der Waals surface area contributed by atoms with Crippen molar-refractivity contribution in [2.75, 3.05) is 18.0 Å². The molecule has 2 aromatic rings. The van der Waals surface area contributed by atoms with Crippen molar-refractivity contribution in [3.8, 4) is 0 Å². The number of imide groups is 1. The van der Waals surface area contributed by atoms with Crippen molar-refractivity contribution < 1.29 is 23.7 Å². The van der Waals surface area contributed by atoms with Gasteiger partial charge in [-0.1, -0.05) is 0 Å². The highest BCUT2D eigenvalue weighted by Crippen LogP contribution is 2.30. The minimum Gasteiger partial charge on any atom is -0.319 e. The number of urea groups is 1. The van der Waals surface area contributed by atoms with Gasteiger partial charge in [-0.05, 0) is 55.8 Å². The zero-order valence-corrected chi connectivity index (χ0v) is 16.3. The Kier molecular flexibility index (Phi) is 5.50. The van der Waals surface area contributed by atoms with E-state index in [4.69, 9.17) is 0 Å². The second kappa shape index (κ2) is 7.90. The van der Waals surface area contributed by atoms with E-state index in [1.165, 1.54) is 60.4 Å². The molecule has 1 aliphatic rings. The van der Waals surface area contributed by atoms with Gasteiger partial charge in [-0.2, -0.15) is 0 Å². The quantitative estimate of drug-likeness (QED) is 0.443. The second-order valence-corrected chi connectivity index (χ2v) is 6.86. The molecular weight excluding hydrogens is 395 g/mol. The van der Waals surface area contributed by atoms with Crippen molar-refractivity contribution in [2.45, 2.75) is 19.4 Å². The summed E-state index contributed by atoms with van der Waals surface area (Å²) >= 11 is 0. The van der Waals surface area contributed by atoms with Gasteiger partial charge in [0.05, 0.1) is 4.92 Å². The van der Waals surface area contributed by atoms with Crippen LogP contribution in [0.1, 0.15) is 19.4 Å². The Morgan fingerprint density at radius 1 is 1.17 bits per heavy atom. The number of likely N-dealkylation sites (N-methyl/N-ethyl adjacent to an activating group) is 1. The van der Waals surface area contributed by atoms with E-state index in [1.54, 1.807) is 6.92 Å². The maximum atomic E-state index is 13.2. The Balaban J connectivity index is 1.80. The van der Waals surface area contributed by atoms with Crippen molar-refractivity contribution in [1.29, 1.82) is 0 Å². The normalized spacial score (nSPS) is 18.3. The highest BCUT2D eigenvalue weighted by atomic mass is 19.1. The van der Waals surface area contributed by atoms with E-state index in [0.717, 1.165) is 4.90 Å². The van der Waals surface area contributed by atoms with Gasteiger partial charge in [-0.15, -0.1) is 0 Å². The number of hydrogen-bond donors (Lipinski definition) is 1. The molecule has 10 heteroatoms. The third-order valence-electron chi connectivity index (χ3n) is 4.98. The molecule has 156 valence electrons. The SMILES string of the molecule is CCN(C(=O)CN1C(=O)N[C@](C)(c2ccc([N+](=O)[O-])cc2)C1=O)c1ccc(F)cc1. The standard InChI is InChI=1S/C20H19FN4O5/c1-3-23(15-10-6-14(21)7-11-15)17(26)12-24-18(27)20(2,22-19(24)28)13-4-8-16(9-5-13)25(29)30/h4-11H,3,12H2,1-2H3,(H,22,28)/t20-/m1/s1. The predicted molar refractivity (Wildman–Crippen MR) is 105 cm³/mol. The first-order chi connectivity index (χ1) is 14.2. The minimum absolute atomic E-state index is 0.149. The molecule has 30 heavy (non-hydrogen) atoms. The fraction of sp³-hybridized carbons (Fsp3) is 0.250. The first kappa shape index (κ1) is 20.9. The van der Waals surface area contributed by atoms with Crippen molar-refractivity contribution in [3.63, 3.8) is 0 Å². The van der Waals surface area contributed by atoms with Crippen LogP contribution in [0.4, 0.5) is 20.6 Å². The molecule has 1 atom stereocenters. The van der Waals surface area contributed by atoms with Crippen LogP contribution < -0.4 is 10.2 Å². The number of benzene rings is 2. The summed E-state index contributed by atoms with van der Waals surface area (Å²) < 4.78 is 13.2. The Bertz CT molecular complexity index is 1010. The van der Waals surface area contributed by atoms with Crippen LogP contribution >= 0.6 is 0 Å². The van der Waals surface area contributed by atoms with E-state index in [1.807, 2.05) is 0 Å².